The van der Waals surface area contributed by atoms with E-state index in [1.54, 1.807) is 25.3 Å². The molecule has 0 fully saturated rings. The molecule has 1 aliphatic rings. The summed E-state index contributed by atoms with van der Waals surface area (Å²) in [6, 6.07) is 4.60. The lowest BCUT2D eigenvalue weighted by molar-refractivity contribution is 0.101. The Morgan fingerprint density at radius 3 is 2.89 bits per heavy atom. The fraction of sp³-hybridized carbons (Fsp3) is 0.222. The van der Waals surface area contributed by atoms with Gasteiger partial charge in [-0.05, 0) is 25.1 Å². The van der Waals surface area contributed by atoms with E-state index in [0.717, 1.165) is 6.07 Å². The summed E-state index contributed by atoms with van der Waals surface area (Å²) in [6.07, 6.45) is 3.63. The number of carbonyl (C=O) groups is 1. The molecular weight excluding hydrogens is 385 g/mol. The molecular formula is C18H18FN5O3S. The molecule has 2 heterocycles. The van der Waals surface area contributed by atoms with Gasteiger partial charge in [0.05, 0.1) is 22.6 Å². The van der Waals surface area contributed by atoms with Gasteiger partial charge in [-0.2, -0.15) is 5.26 Å². The lowest BCUT2D eigenvalue weighted by Gasteiger charge is -2.17. The van der Waals surface area contributed by atoms with Gasteiger partial charge in [0, 0.05) is 24.5 Å². The molecule has 2 aromatic rings. The molecule has 28 heavy (non-hydrogen) atoms. The Hall–Kier alpha value is -3.00. The van der Waals surface area contributed by atoms with E-state index in [4.69, 9.17) is 10.0 Å². The average molecular weight is 403 g/mol. The largest absolute Gasteiger partial charge is 0.391 e. The van der Waals surface area contributed by atoms with Crippen LogP contribution in [0.1, 0.15) is 28.5 Å². The predicted molar refractivity (Wildman–Crippen MR) is 101 cm³/mol. The first kappa shape index (κ1) is 19.8. The maximum absolute atomic E-state index is 13.5. The number of nitriles is 1. The van der Waals surface area contributed by atoms with Crippen LogP contribution in [0.25, 0.3) is 6.08 Å². The number of rotatable bonds is 3. The highest BCUT2D eigenvalue weighted by Gasteiger charge is 2.29. The van der Waals surface area contributed by atoms with Gasteiger partial charge >= 0.3 is 0 Å². The van der Waals surface area contributed by atoms with Crippen LogP contribution in [0.15, 0.2) is 35.4 Å². The highest BCUT2D eigenvalue weighted by molar-refractivity contribution is 7.90. The zero-order chi connectivity index (χ0) is 20.6. The molecule has 10 heteroatoms. The van der Waals surface area contributed by atoms with Crippen LogP contribution < -0.4 is 10.0 Å². The van der Waals surface area contributed by atoms with E-state index in [0.29, 0.717) is 5.56 Å². The summed E-state index contributed by atoms with van der Waals surface area (Å²) in [5.74, 6) is -1.27. The number of aliphatic hydroxyl groups is 1. The van der Waals surface area contributed by atoms with E-state index in [2.05, 4.69) is 10.0 Å². The summed E-state index contributed by atoms with van der Waals surface area (Å²) in [5.41, 5.74) is 0.448. The first-order valence-corrected chi connectivity index (χ1v) is 9.82. The number of fused-ring (bicyclic) bond motifs is 1. The molecule has 0 bridgehead atoms. The first-order valence-electron chi connectivity index (χ1n) is 8.26. The average Bonchev–Trinajstić information content (AvgIpc) is 2.90. The second-order valence-corrected chi connectivity index (χ2v) is 8.21. The summed E-state index contributed by atoms with van der Waals surface area (Å²) in [7, 11) is -1.89. The zero-order valence-corrected chi connectivity index (χ0v) is 15.9. The monoisotopic (exact) mass is 403 g/mol. The SMILES string of the molecule is CC(O)C1C=Cc2c(cn(C)c2C(=O)Nc2ccc(F)c(C#N)c2)S(=N)(=O)N1. The van der Waals surface area contributed by atoms with Crippen molar-refractivity contribution in [3.8, 4) is 6.07 Å². The van der Waals surface area contributed by atoms with Crippen molar-refractivity contribution >= 4 is 27.6 Å². The smallest absolute Gasteiger partial charge is 0.272 e. The Balaban J connectivity index is 2.03. The quantitative estimate of drug-likeness (QED) is 0.624. The number of amides is 1. The molecule has 0 saturated carbocycles. The van der Waals surface area contributed by atoms with Gasteiger partial charge in [0.1, 0.15) is 27.5 Å². The van der Waals surface area contributed by atoms with Gasteiger partial charge < -0.3 is 15.0 Å². The molecule has 1 aromatic heterocycles. The van der Waals surface area contributed by atoms with Crippen molar-refractivity contribution in [3.05, 3.63) is 53.1 Å². The fourth-order valence-corrected chi connectivity index (χ4v) is 4.49. The highest BCUT2D eigenvalue weighted by Crippen LogP contribution is 2.28. The van der Waals surface area contributed by atoms with Crippen LogP contribution in [0.3, 0.4) is 0 Å². The minimum absolute atomic E-state index is 0.122. The van der Waals surface area contributed by atoms with Crippen LogP contribution in [-0.4, -0.2) is 31.9 Å². The van der Waals surface area contributed by atoms with E-state index < -0.39 is 33.8 Å². The normalized spacial score (nSPS) is 22.0. The number of halogens is 1. The number of aliphatic hydroxyl groups excluding tert-OH is 1. The van der Waals surface area contributed by atoms with Gasteiger partial charge in [-0.25, -0.2) is 18.1 Å². The minimum Gasteiger partial charge on any atom is -0.391 e. The van der Waals surface area contributed by atoms with Crippen LogP contribution in [0.5, 0.6) is 0 Å². The first-order chi connectivity index (χ1) is 13.1. The number of carbonyl (C=O) groups excluding carboxylic acids is 1. The Kier molecular flexibility index (Phi) is 5.08. The number of nitrogens with one attached hydrogen (secondary N) is 3. The Morgan fingerprint density at radius 2 is 2.25 bits per heavy atom. The molecule has 0 spiro atoms. The molecule has 0 saturated heterocycles. The van der Waals surface area contributed by atoms with Crippen molar-refractivity contribution in [1.82, 2.24) is 9.29 Å². The lowest BCUT2D eigenvalue weighted by atomic mass is 10.1. The standard InChI is InChI=1S/C18H18FN5O3S/c1-10(25)15-6-4-13-16(28(21,27)23-15)9-24(2)17(13)18(26)22-12-3-5-14(19)11(7-12)8-20/h3-7,9-10,15,25H,1-2H3,(H,22,26)(H2,21,23,27). The molecule has 0 aliphatic carbocycles. The third-order valence-corrected chi connectivity index (χ3v) is 5.89. The van der Waals surface area contributed by atoms with E-state index in [1.807, 2.05) is 0 Å². The van der Waals surface area contributed by atoms with Crippen LogP contribution >= 0.6 is 0 Å². The Morgan fingerprint density at radius 1 is 1.54 bits per heavy atom. The molecule has 0 radical (unpaired) electrons. The summed E-state index contributed by atoms with van der Waals surface area (Å²) in [5, 5.41) is 21.3. The number of anilines is 1. The van der Waals surface area contributed by atoms with Crippen LogP contribution in [-0.2, 0) is 17.0 Å². The van der Waals surface area contributed by atoms with Gasteiger partial charge in [0.15, 0.2) is 0 Å². The van der Waals surface area contributed by atoms with Crippen LogP contribution in [0.2, 0.25) is 0 Å². The zero-order valence-electron chi connectivity index (χ0n) is 15.1. The molecule has 3 atom stereocenters. The van der Waals surface area contributed by atoms with Crippen molar-refractivity contribution in [2.24, 2.45) is 7.05 Å². The predicted octanol–water partition coefficient (Wildman–Crippen LogP) is 1.97. The number of hydrogen-bond acceptors (Lipinski definition) is 5. The third kappa shape index (κ3) is 3.55. The molecule has 1 amide bonds. The van der Waals surface area contributed by atoms with Gasteiger partial charge in [-0.1, -0.05) is 12.2 Å². The molecule has 4 N–H and O–H groups in total. The van der Waals surface area contributed by atoms with Crippen molar-refractivity contribution in [2.45, 2.75) is 24.0 Å². The molecule has 3 unspecified atom stereocenters. The molecule has 8 nitrogen and oxygen atoms in total. The van der Waals surface area contributed by atoms with Crippen LogP contribution in [0.4, 0.5) is 10.1 Å². The molecule has 3 rings (SSSR count). The maximum atomic E-state index is 13.5. The summed E-state index contributed by atoms with van der Waals surface area (Å²) >= 11 is 0. The van der Waals surface area contributed by atoms with Crippen molar-refractivity contribution in [2.75, 3.05) is 5.32 Å². The maximum Gasteiger partial charge on any atom is 0.272 e. The van der Waals surface area contributed by atoms with Gasteiger partial charge in [0.25, 0.3) is 5.91 Å². The second kappa shape index (κ2) is 7.20. The van der Waals surface area contributed by atoms with Crippen molar-refractivity contribution in [1.29, 1.82) is 10.0 Å². The lowest BCUT2D eigenvalue weighted by Crippen LogP contribution is -2.39. The van der Waals surface area contributed by atoms with Gasteiger partial charge in [0.2, 0.25) is 0 Å². The molecule has 146 valence electrons. The number of aromatic nitrogens is 1. The highest BCUT2D eigenvalue weighted by atomic mass is 32.2. The Bertz CT molecular complexity index is 1130. The molecule has 1 aromatic carbocycles. The van der Waals surface area contributed by atoms with Crippen LogP contribution in [0, 0.1) is 21.9 Å². The topological polar surface area (TPSA) is 131 Å². The third-order valence-electron chi connectivity index (χ3n) is 4.35. The summed E-state index contributed by atoms with van der Waals surface area (Å²) < 4.78 is 38.5. The van der Waals surface area contributed by atoms with Crippen molar-refractivity contribution in [3.63, 3.8) is 0 Å². The number of hydrogen-bond donors (Lipinski definition) is 4. The van der Waals surface area contributed by atoms with E-state index >= 15 is 0 Å². The van der Waals surface area contributed by atoms with Gasteiger partial charge in [-0.15, -0.1) is 0 Å². The summed E-state index contributed by atoms with van der Waals surface area (Å²) in [6.45, 7) is 1.50. The number of nitrogens with zero attached hydrogens (tertiary/aromatic N) is 2. The second-order valence-electron chi connectivity index (χ2n) is 6.43. The van der Waals surface area contributed by atoms with Gasteiger partial charge in [-0.3, -0.25) is 4.79 Å². The van der Waals surface area contributed by atoms with E-state index in [1.165, 1.54) is 29.8 Å². The fourth-order valence-electron chi connectivity index (χ4n) is 2.92. The Labute approximate surface area is 161 Å². The van der Waals surface area contributed by atoms with Crippen molar-refractivity contribution < 1.29 is 18.5 Å². The van der Waals surface area contributed by atoms with E-state index in [9.17, 15) is 18.5 Å². The minimum atomic E-state index is -3.46. The molecule has 1 aliphatic heterocycles. The summed E-state index contributed by atoms with van der Waals surface area (Å²) in [4.78, 5) is 12.9. The number of benzene rings is 1. The number of aryl methyl sites for hydroxylation is 1. The van der Waals surface area contributed by atoms with E-state index in [-0.39, 0.29) is 21.8 Å².